The molecule has 2 N–H and O–H groups in total. The fourth-order valence-electron chi connectivity index (χ4n) is 1.69. The number of rotatable bonds is 8. The Morgan fingerprint density at radius 1 is 1.47 bits per heavy atom. The number of aromatic nitrogens is 1. The summed E-state index contributed by atoms with van der Waals surface area (Å²) in [5.41, 5.74) is 1.30. The topological polar surface area (TPSA) is 46.1 Å². The molecule has 1 rings (SSSR count). The number of amides is 1. The predicted octanol–water partition coefficient (Wildman–Crippen LogP) is 1.51. The second kappa shape index (κ2) is 7.90. The van der Waals surface area contributed by atoms with Crippen LogP contribution in [0.25, 0.3) is 0 Å². The lowest BCUT2D eigenvalue weighted by atomic mass is 10.3. The lowest BCUT2D eigenvalue weighted by molar-refractivity contribution is -0.120. The number of nitrogens with one attached hydrogen (secondary N) is 2. The van der Waals surface area contributed by atoms with Crippen LogP contribution in [0.2, 0.25) is 0 Å². The number of carbonyl (C=O) groups is 1. The number of nitrogens with zero attached hydrogens (tertiary/aromatic N) is 1. The van der Waals surface area contributed by atoms with E-state index in [1.54, 1.807) is 7.05 Å². The molecule has 0 aliphatic heterocycles. The van der Waals surface area contributed by atoms with Gasteiger partial charge in [-0.05, 0) is 31.0 Å². The summed E-state index contributed by atoms with van der Waals surface area (Å²) in [4.78, 5) is 11.1. The van der Waals surface area contributed by atoms with E-state index in [9.17, 15) is 4.79 Å². The highest BCUT2D eigenvalue weighted by Gasteiger charge is 1.99. The molecule has 0 radical (unpaired) electrons. The second-order valence-electron chi connectivity index (χ2n) is 4.21. The Kier molecular flexibility index (Phi) is 6.40. The van der Waals surface area contributed by atoms with Crippen LogP contribution >= 0.6 is 0 Å². The van der Waals surface area contributed by atoms with E-state index >= 15 is 0 Å². The van der Waals surface area contributed by atoms with Crippen LogP contribution in [-0.2, 0) is 17.9 Å². The molecule has 0 atom stereocenters. The van der Waals surface area contributed by atoms with Crippen molar-refractivity contribution >= 4 is 5.91 Å². The average Bonchev–Trinajstić information content (AvgIpc) is 2.77. The Bertz CT molecular complexity index is 333. The number of hydrogen-bond acceptors (Lipinski definition) is 2. The SMILES string of the molecule is CCCNCc1ccn(CCCC(=O)NC)c1. The van der Waals surface area contributed by atoms with E-state index < -0.39 is 0 Å². The summed E-state index contributed by atoms with van der Waals surface area (Å²) in [6, 6.07) is 2.13. The van der Waals surface area contributed by atoms with Gasteiger partial charge in [-0.2, -0.15) is 0 Å². The normalized spacial score (nSPS) is 10.5. The summed E-state index contributed by atoms with van der Waals surface area (Å²) in [5, 5.41) is 6.00. The molecule has 0 aromatic carbocycles. The Balaban J connectivity index is 2.23. The maximum absolute atomic E-state index is 11.1. The molecule has 0 fully saturated rings. The summed E-state index contributed by atoms with van der Waals surface area (Å²) in [7, 11) is 1.68. The van der Waals surface area contributed by atoms with Crippen molar-refractivity contribution in [3.8, 4) is 0 Å². The molecule has 0 saturated heterocycles. The van der Waals surface area contributed by atoms with Gasteiger partial charge in [0.05, 0.1) is 0 Å². The van der Waals surface area contributed by atoms with Crippen LogP contribution < -0.4 is 10.6 Å². The Morgan fingerprint density at radius 3 is 3.00 bits per heavy atom. The molecular weight excluding hydrogens is 214 g/mol. The molecule has 17 heavy (non-hydrogen) atoms. The number of carbonyl (C=O) groups excluding carboxylic acids is 1. The molecule has 0 saturated carbocycles. The van der Waals surface area contributed by atoms with Gasteiger partial charge in [-0.1, -0.05) is 6.92 Å². The minimum Gasteiger partial charge on any atom is -0.359 e. The largest absolute Gasteiger partial charge is 0.359 e. The van der Waals surface area contributed by atoms with Gasteiger partial charge in [0.1, 0.15) is 0 Å². The van der Waals surface area contributed by atoms with Crippen molar-refractivity contribution < 1.29 is 4.79 Å². The van der Waals surface area contributed by atoms with E-state index in [-0.39, 0.29) is 5.91 Å². The summed E-state index contributed by atoms with van der Waals surface area (Å²) in [5.74, 6) is 0.113. The molecule has 0 spiro atoms. The lowest BCUT2D eigenvalue weighted by Crippen LogP contribution is -2.17. The molecule has 0 aliphatic rings. The highest BCUT2D eigenvalue weighted by Crippen LogP contribution is 2.03. The van der Waals surface area contributed by atoms with E-state index in [2.05, 4.69) is 40.6 Å². The molecule has 1 amide bonds. The third-order valence-electron chi connectivity index (χ3n) is 2.67. The van der Waals surface area contributed by atoms with Crippen LogP contribution in [-0.4, -0.2) is 24.1 Å². The van der Waals surface area contributed by atoms with Gasteiger partial charge in [0.2, 0.25) is 5.91 Å². The molecule has 4 nitrogen and oxygen atoms in total. The van der Waals surface area contributed by atoms with Crippen LogP contribution in [0.3, 0.4) is 0 Å². The zero-order chi connectivity index (χ0) is 12.5. The average molecular weight is 237 g/mol. The highest BCUT2D eigenvalue weighted by atomic mass is 16.1. The first-order valence-corrected chi connectivity index (χ1v) is 6.32. The molecule has 0 unspecified atom stereocenters. The number of hydrogen-bond donors (Lipinski definition) is 2. The predicted molar refractivity (Wildman–Crippen MR) is 69.7 cm³/mol. The Labute approximate surface area is 103 Å². The van der Waals surface area contributed by atoms with Gasteiger partial charge < -0.3 is 15.2 Å². The van der Waals surface area contributed by atoms with Gasteiger partial charge >= 0.3 is 0 Å². The van der Waals surface area contributed by atoms with Gasteiger partial charge in [0, 0.05) is 39.0 Å². The van der Waals surface area contributed by atoms with Crippen LogP contribution in [0.1, 0.15) is 31.7 Å². The molecule has 1 aromatic heterocycles. The Hall–Kier alpha value is -1.29. The van der Waals surface area contributed by atoms with Gasteiger partial charge in [0.15, 0.2) is 0 Å². The van der Waals surface area contributed by atoms with E-state index in [0.29, 0.717) is 6.42 Å². The van der Waals surface area contributed by atoms with Gasteiger partial charge in [-0.3, -0.25) is 4.79 Å². The van der Waals surface area contributed by atoms with Crippen molar-refractivity contribution in [2.24, 2.45) is 0 Å². The maximum Gasteiger partial charge on any atom is 0.219 e. The fourth-order valence-corrected chi connectivity index (χ4v) is 1.69. The minimum absolute atomic E-state index is 0.113. The summed E-state index contributed by atoms with van der Waals surface area (Å²) < 4.78 is 2.14. The molecule has 1 aromatic rings. The molecular formula is C13H23N3O. The Morgan fingerprint density at radius 2 is 2.29 bits per heavy atom. The highest BCUT2D eigenvalue weighted by molar-refractivity contribution is 5.75. The van der Waals surface area contributed by atoms with Gasteiger partial charge in [-0.25, -0.2) is 0 Å². The third kappa shape index (κ3) is 5.54. The summed E-state index contributed by atoms with van der Waals surface area (Å²) in [6.07, 6.45) is 6.86. The molecule has 1 heterocycles. The zero-order valence-corrected chi connectivity index (χ0v) is 10.8. The molecule has 4 heteroatoms. The summed E-state index contributed by atoms with van der Waals surface area (Å²) >= 11 is 0. The first kappa shape index (κ1) is 13.8. The van der Waals surface area contributed by atoms with E-state index in [1.807, 2.05) is 0 Å². The molecule has 0 bridgehead atoms. The quantitative estimate of drug-likeness (QED) is 0.673. The third-order valence-corrected chi connectivity index (χ3v) is 2.67. The van der Waals surface area contributed by atoms with E-state index in [1.165, 1.54) is 5.56 Å². The smallest absolute Gasteiger partial charge is 0.219 e. The van der Waals surface area contributed by atoms with Crippen LogP contribution in [0.15, 0.2) is 18.5 Å². The van der Waals surface area contributed by atoms with Crippen molar-refractivity contribution in [2.75, 3.05) is 13.6 Å². The van der Waals surface area contributed by atoms with Gasteiger partial charge in [-0.15, -0.1) is 0 Å². The van der Waals surface area contributed by atoms with Gasteiger partial charge in [0.25, 0.3) is 0 Å². The zero-order valence-electron chi connectivity index (χ0n) is 10.8. The molecule has 0 aliphatic carbocycles. The monoisotopic (exact) mass is 237 g/mol. The fraction of sp³-hybridized carbons (Fsp3) is 0.615. The van der Waals surface area contributed by atoms with Crippen molar-refractivity contribution in [1.29, 1.82) is 0 Å². The number of aryl methyl sites for hydroxylation is 1. The minimum atomic E-state index is 0.113. The standard InChI is InChI=1S/C13H23N3O/c1-3-7-15-10-12-6-9-16(11-12)8-4-5-13(17)14-2/h6,9,11,15H,3-5,7-8,10H2,1-2H3,(H,14,17). The first-order chi connectivity index (χ1) is 8.26. The van der Waals surface area contributed by atoms with Crippen molar-refractivity contribution in [3.05, 3.63) is 24.0 Å². The van der Waals surface area contributed by atoms with Crippen molar-refractivity contribution in [3.63, 3.8) is 0 Å². The van der Waals surface area contributed by atoms with E-state index in [4.69, 9.17) is 0 Å². The summed E-state index contributed by atoms with van der Waals surface area (Å²) in [6.45, 7) is 5.05. The second-order valence-corrected chi connectivity index (χ2v) is 4.21. The van der Waals surface area contributed by atoms with Crippen LogP contribution in [0.5, 0.6) is 0 Å². The van der Waals surface area contributed by atoms with Crippen molar-refractivity contribution in [2.45, 2.75) is 39.3 Å². The first-order valence-electron chi connectivity index (χ1n) is 6.32. The molecule has 96 valence electrons. The van der Waals surface area contributed by atoms with Crippen LogP contribution in [0, 0.1) is 0 Å². The van der Waals surface area contributed by atoms with Crippen LogP contribution in [0.4, 0.5) is 0 Å². The van der Waals surface area contributed by atoms with Crippen molar-refractivity contribution in [1.82, 2.24) is 15.2 Å². The lowest BCUT2D eigenvalue weighted by Gasteiger charge is -2.03. The van der Waals surface area contributed by atoms with E-state index in [0.717, 1.165) is 32.5 Å². The maximum atomic E-state index is 11.1.